The van der Waals surface area contributed by atoms with E-state index < -0.39 is 0 Å². The van der Waals surface area contributed by atoms with E-state index in [9.17, 15) is 4.79 Å². The summed E-state index contributed by atoms with van der Waals surface area (Å²) in [5.74, 6) is 1.09. The molecule has 1 N–H and O–H groups in total. The van der Waals surface area contributed by atoms with Crippen LogP contribution in [0, 0.1) is 5.92 Å². The summed E-state index contributed by atoms with van der Waals surface area (Å²) in [6, 6.07) is 5.51. The molecule has 1 aliphatic carbocycles. The van der Waals surface area contributed by atoms with Crippen LogP contribution >= 0.6 is 11.6 Å². The summed E-state index contributed by atoms with van der Waals surface area (Å²) in [4.78, 5) is 21.2. The number of nitrogens with one attached hydrogen (secondary N) is 1. The molecule has 0 spiro atoms. The number of aryl methyl sites for hydroxylation is 1. The van der Waals surface area contributed by atoms with Crippen LogP contribution in [-0.2, 0) is 13.6 Å². The van der Waals surface area contributed by atoms with Crippen LogP contribution in [0.15, 0.2) is 36.9 Å². The third-order valence-electron chi connectivity index (χ3n) is 6.07. The Morgan fingerprint density at radius 1 is 1.30 bits per heavy atom. The number of piperidine rings is 1. The summed E-state index contributed by atoms with van der Waals surface area (Å²) in [5, 5.41) is 16.4. The molecule has 3 aromatic rings. The Hall–Kier alpha value is -2.94. The first-order chi connectivity index (χ1) is 14.4. The molecule has 4 heterocycles. The SMILES string of the molecule is CC1CC2CC(Cn3nccn3)(C1)N2C(=O)Nc1ccc(Cl)c(-c2ncn(C)n2)c1. The summed E-state index contributed by atoms with van der Waals surface area (Å²) in [5.41, 5.74) is 1.10. The van der Waals surface area contributed by atoms with Crippen molar-refractivity contribution in [3.63, 3.8) is 0 Å². The molecule has 9 nitrogen and oxygen atoms in total. The van der Waals surface area contributed by atoms with E-state index in [1.807, 2.05) is 11.0 Å². The minimum atomic E-state index is -0.247. The number of aromatic nitrogens is 6. The first kappa shape index (κ1) is 19.0. The molecule has 1 saturated carbocycles. The van der Waals surface area contributed by atoms with Crippen LogP contribution in [0.3, 0.4) is 0 Å². The van der Waals surface area contributed by atoms with E-state index in [1.54, 1.807) is 47.4 Å². The van der Waals surface area contributed by atoms with E-state index in [4.69, 9.17) is 11.6 Å². The highest BCUT2D eigenvalue weighted by molar-refractivity contribution is 6.33. The van der Waals surface area contributed by atoms with Gasteiger partial charge in [0.05, 0.1) is 29.5 Å². The fourth-order valence-corrected chi connectivity index (χ4v) is 5.27. The zero-order valence-electron chi connectivity index (χ0n) is 16.9. The Morgan fingerprint density at radius 2 is 2.10 bits per heavy atom. The number of benzene rings is 1. The number of fused-ring (bicyclic) bond motifs is 2. The molecule has 6 rings (SSSR count). The zero-order chi connectivity index (χ0) is 20.9. The maximum atomic E-state index is 13.3. The third-order valence-corrected chi connectivity index (χ3v) is 6.40. The van der Waals surface area contributed by atoms with Crippen molar-refractivity contribution in [3.8, 4) is 11.4 Å². The van der Waals surface area contributed by atoms with Crippen LogP contribution in [-0.4, -0.2) is 52.3 Å². The molecule has 3 atom stereocenters. The first-order valence-corrected chi connectivity index (χ1v) is 10.4. The van der Waals surface area contributed by atoms with Gasteiger partial charge >= 0.3 is 6.03 Å². The molecule has 2 aromatic heterocycles. The molecule has 2 bridgehead atoms. The number of hydrogen-bond donors (Lipinski definition) is 1. The topological polar surface area (TPSA) is 93.8 Å². The number of carbonyl (C=O) groups excluding carboxylic acids is 1. The number of halogens is 1. The average molecular weight is 427 g/mol. The van der Waals surface area contributed by atoms with Gasteiger partial charge in [-0.1, -0.05) is 18.5 Å². The van der Waals surface area contributed by atoms with Crippen molar-refractivity contribution < 1.29 is 4.79 Å². The second-order valence-corrected chi connectivity index (χ2v) is 8.83. The van der Waals surface area contributed by atoms with Crippen molar-refractivity contribution in [2.24, 2.45) is 13.0 Å². The van der Waals surface area contributed by atoms with Crippen LogP contribution in [0.5, 0.6) is 0 Å². The molecule has 2 amide bonds. The van der Waals surface area contributed by atoms with Crippen molar-refractivity contribution in [1.29, 1.82) is 0 Å². The van der Waals surface area contributed by atoms with Crippen molar-refractivity contribution in [3.05, 3.63) is 41.9 Å². The Balaban J connectivity index is 1.38. The molecule has 30 heavy (non-hydrogen) atoms. The monoisotopic (exact) mass is 426 g/mol. The van der Waals surface area contributed by atoms with E-state index in [0.29, 0.717) is 34.6 Å². The highest BCUT2D eigenvalue weighted by atomic mass is 35.5. The average Bonchev–Trinajstić information content (AvgIpc) is 3.34. The molecule has 2 aliphatic heterocycles. The van der Waals surface area contributed by atoms with Gasteiger partial charge in [0.15, 0.2) is 5.82 Å². The molecular formula is C20H23ClN8O. The van der Waals surface area contributed by atoms with Crippen LogP contribution in [0.1, 0.15) is 26.2 Å². The van der Waals surface area contributed by atoms with Crippen LogP contribution in [0.25, 0.3) is 11.4 Å². The number of hydrogen-bond acceptors (Lipinski definition) is 5. The third kappa shape index (κ3) is 3.23. The predicted molar refractivity (Wildman–Crippen MR) is 112 cm³/mol. The van der Waals surface area contributed by atoms with Gasteiger partial charge in [0.1, 0.15) is 6.33 Å². The van der Waals surface area contributed by atoms with Gasteiger partial charge < -0.3 is 10.2 Å². The van der Waals surface area contributed by atoms with E-state index >= 15 is 0 Å². The molecule has 10 heteroatoms. The van der Waals surface area contributed by atoms with Gasteiger partial charge in [-0.25, -0.2) is 9.78 Å². The van der Waals surface area contributed by atoms with Gasteiger partial charge in [0, 0.05) is 24.3 Å². The van der Waals surface area contributed by atoms with Crippen molar-refractivity contribution in [2.75, 3.05) is 5.32 Å². The molecule has 0 radical (unpaired) electrons. The largest absolute Gasteiger partial charge is 0.322 e. The van der Waals surface area contributed by atoms with E-state index in [2.05, 4.69) is 32.5 Å². The Kier molecular flexibility index (Phi) is 4.50. The van der Waals surface area contributed by atoms with Gasteiger partial charge in [-0.3, -0.25) is 4.68 Å². The maximum Gasteiger partial charge on any atom is 0.322 e. The zero-order valence-corrected chi connectivity index (χ0v) is 17.6. The van der Waals surface area contributed by atoms with Gasteiger partial charge in [0.2, 0.25) is 0 Å². The smallest absolute Gasteiger partial charge is 0.314 e. The Bertz CT molecular complexity index is 1080. The lowest BCUT2D eigenvalue weighted by molar-refractivity contribution is -0.102. The lowest BCUT2D eigenvalue weighted by Crippen LogP contribution is -2.73. The lowest BCUT2D eigenvalue weighted by Gasteiger charge is -2.63. The van der Waals surface area contributed by atoms with Crippen LogP contribution < -0.4 is 5.32 Å². The number of amides is 2. The summed E-state index contributed by atoms with van der Waals surface area (Å²) in [6.45, 7) is 2.86. The summed E-state index contributed by atoms with van der Waals surface area (Å²) >= 11 is 6.34. The summed E-state index contributed by atoms with van der Waals surface area (Å²) in [6.07, 6.45) is 7.91. The quantitative estimate of drug-likeness (QED) is 0.691. The van der Waals surface area contributed by atoms with Crippen LogP contribution in [0.2, 0.25) is 5.02 Å². The van der Waals surface area contributed by atoms with Crippen molar-refractivity contribution in [2.45, 2.75) is 44.3 Å². The number of urea groups is 1. The number of carbonyl (C=O) groups is 1. The van der Waals surface area contributed by atoms with Crippen LogP contribution in [0.4, 0.5) is 10.5 Å². The number of anilines is 1. The highest BCUT2D eigenvalue weighted by Gasteiger charge is 2.58. The molecule has 3 fully saturated rings. The summed E-state index contributed by atoms with van der Waals surface area (Å²) < 4.78 is 1.62. The Labute approximate surface area is 179 Å². The van der Waals surface area contributed by atoms with E-state index in [-0.39, 0.29) is 17.6 Å². The molecule has 3 aliphatic rings. The second kappa shape index (κ2) is 7.09. The van der Waals surface area contributed by atoms with E-state index in [1.165, 1.54) is 0 Å². The van der Waals surface area contributed by atoms with Gasteiger partial charge in [-0.2, -0.15) is 20.1 Å². The van der Waals surface area contributed by atoms with Crippen molar-refractivity contribution >= 4 is 23.3 Å². The Morgan fingerprint density at radius 3 is 2.83 bits per heavy atom. The fourth-order valence-electron chi connectivity index (χ4n) is 5.07. The molecule has 3 unspecified atom stereocenters. The molecule has 1 aromatic carbocycles. The van der Waals surface area contributed by atoms with Crippen molar-refractivity contribution in [1.82, 2.24) is 34.7 Å². The number of rotatable bonds is 4. The number of nitrogens with zero attached hydrogens (tertiary/aromatic N) is 7. The molecular weight excluding hydrogens is 404 g/mol. The molecule has 156 valence electrons. The predicted octanol–water partition coefficient (Wildman–Crippen LogP) is 3.20. The maximum absolute atomic E-state index is 13.3. The van der Waals surface area contributed by atoms with E-state index in [0.717, 1.165) is 19.3 Å². The lowest BCUT2D eigenvalue weighted by atomic mass is 9.64. The summed E-state index contributed by atoms with van der Waals surface area (Å²) in [7, 11) is 1.80. The normalized spacial score (nSPS) is 25.1. The second-order valence-electron chi connectivity index (χ2n) is 8.42. The van der Waals surface area contributed by atoms with Gasteiger partial charge in [-0.15, -0.1) is 0 Å². The first-order valence-electron chi connectivity index (χ1n) is 10.0. The van der Waals surface area contributed by atoms with Gasteiger partial charge in [-0.05, 0) is 43.4 Å². The standard InChI is InChI=1S/C20H23ClN8O/c1-13-7-15-10-20(9-13,11-28-23-5-6-24-28)29(15)19(30)25-14-3-4-17(21)16(8-14)18-22-12-27(2)26-18/h3-6,8,12-13,15H,7,9-11H2,1-2H3,(H,25,30). The minimum Gasteiger partial charge on any atom is -0.314 e. The van der Waals surface area contributed by atoms with Gasteiger partial charge in [0.25, 0.3) is 0 Å². The highest BCUT2D eigenvalue weighted by Crippen LogP contribution is 2.50. The minimum absolute atomic E-state index is 0.104. The fraction of sp³-hybridized carbons (Fsp3) is 0.450. The molecule has 2 saturated heterocycles.